The molecule has 1 aliphatic heterocycles. The van der Waals surface area contributed by atoms with Crippen LogP contribution in [-0.4, -0.2) is 29.1 Å². The summed E-state index contributed by atoms with van der Waals surface area (Å²) < 4.78 is 0. The van der Waals surface area contributed by atoms with Gasteiger partial charge in [-0.25, -0.2) is 9.78 Å². The number of anilines is 1. The molecule has 2 rings (SSSR count). The number of hydrogen-bond acceptors (Lipinski definition) is 3. The van der Waals surface area contributed by atoms with E-state index in [1.165, 1.54) is 32.1 Å². The SMILES string of the molecule is CCc1cc(C(=O)O)cc(N2CCCCCCC2)n1. The molecular weight excluding hydrogens is 240 g/mol. The van der Waals surface area contributed by atoms with E-state index in [0.29, 0.717) is 5.56 Å². The van der Waals surface area contributed by atoms with Crippen molar-refractivity contribution < 1.29 is 9.90 Å². The highest BCUT2D eigenvalue weighted by Gasteiger charge is 2.14. The van der Waals surface area contributed by atoms with Crippen molar-refractivity contribution in [2.75, 3.05) is 18.0 Å². The number of nitrogens with zero attached hydrogens (tertiary/aromatic N) is 2. The maximum absolute atomic E-state index is 11.2. The zero-order chi connectivity index (χ0) is 13.7. The van der Waals surface area contributed by atoms with Crippen molar-refractivity contribution >= 4 is 11.8 Å². The van der Waals surface area contributed by atoms with Crippen LogP contribution < -0.4 is 4.90 Å². The summed E-state index contributed by atoms with van der Waals surface area (Å²) in [5, 5.41) is 9.18. The molecule has 104 valence electrons. The third kappa shape index (κ3) is 3.69. The van der Waals surface area contributed by atoms with Crippen molar-refractivity contribution in [3.05, 3.63) is 23.4 Å². The molecular formula is C15H22N2O2. The maximum Gasteiger partial charge on any atom is 0.335 e. The normalized spacial score (nSPS) is 16.8. The number of carboxylic acids is 1. The zero-order valence-electron chi connectivity index (χ0n) is 11.6. The average molecular weight is 262 g/mol. The molecule has 0 saturated carbocycles. The zero-order valence-corrected chi connectivity index (χ0v) is 11.6. The van der Waals surface area contributed by atoms with E-state index >= 15 is 0 Å². The smallest absolute Gasteiger partial charge is 0.335 e. The molecule has 1 aliphatic rings. The first kappa shape index (κ1) is 13.8. The van der Waals surface area contributed by atoms with Crippen LogP contribution in [0.4, 0.5) is 5.82 Å². The van der Waals surface area contributed by atoms with Gasteiger partial charge in [-0.15, -0.1) is 0 Å². The lowest BCUT2D eigenvalue weighted by Crippen LogP contribution is -2.28. The van der Waals surface area contributed by atoms with E-state index in [-0.39, 0.29) is 0 Å². The Hall–Kier alpha value is -1.58. The van der Waals surface area contributed by atoms with Gasteiger partial charge in [0.05, 0.1) is 5.56 Å². The van der Waals surface area contributed by atoms with E-state index in [1.807, 2.05) is 6.92 Å². The van der Waals surface area contributed by atoms with Gasteiger partial charge in [-0.3, -0.25) is 0 Å². The van der Waals surface area contributed by atoms with Gasteiger partial charge in [0.15, 0.2) is 0 Å². The van der Waals surface area contributed by atoms with E-state index < -0.39 is 5.97 Å². The summed E-state index contributed by atoms with van der Waals surface area (Å²) in [4.78, 5) is 18.0. The molecule has 0 spiro atoms. The predicted octanol–water partition coefficient (Wildman–Crippen LogP) is 3.11. The first-order chi connectivity index (χ1) is 9.20. The van der Waals surface area contributed by atoms with Crippen LogP contribution in [0.3, 0.4) is 0 Å². The molecule has 0 amide bonds. The lowest BCUT2D eigenvalue weighted by atomic mass is 10.1. The number of aromatic nitrogens is 1. The Morgan fingerprint density at radius 3 is 2.42 bits per heavy atom. The maximum atomic E-state index is 11.2. The minimum absolute atomic E-state index is 0.351. The number of pyridine rings is 1. The molecule has 0 radical (unpaired) electrons. The first-order valence-corrected chi connectivity index (χ1v) is 7.20. The highest BCUT2D eigenvalue weighted by atomic mass is 16.4. The molecule has 1 saturated heterocycles. The summed E-state index contributed by atoms with van der Waals surface area (Å²) >= 11 is 0. The second kappa shape index (κ2) is 6.55. The van der Waals surface area contributed by atoms with Gasteiger partial charge in [-0.2, -0.15) is 0 Å². The van der Waals surface area contributed by atoms with Crippen LogP contribution in [0.2, 0.25) is 0 Å². The Morgan fingerprint density at radius 2 is 1.84 bits per heavy atom. The fourth-order valence-corrected chi connectivity index (χ4v) is 2.52. The number of aromatic carboxylic acids is 1. The number of rotatable bonds is 3. The third-order valence-electron chi connectivity index (χ3n) is 3.65. The molecule has 2 heterocycles. The molecule has 0 atom stereocenters. The Morgan fingerprint density at radius 1 is 1.21 bits per heavy atom. The van der Waals surface area contributed by atoms with Crippen LogP contribution in [0.15, 0.2) is 12.1 Å². The van der Waals surface area contributed by atoms with E-state index in [1.54, 1.807) is 12.1 Å². The average Bonchev–Trinajstić information content (AvgIpc) is 2.37. The van der Waals surface area contributed by atoms with E-state index in [0.717, 1.165) is 31.0 Å². The fourth-order valence-electron chi connectivity index (χ4n) is 2.52. The second-order valence-electron chi connectivity index (χ2n) is 5.12. The first-order valence-electron chi connectivity index (χ1n) is 7.20. The lowest BCUT2D eigenvalue weighted by Gasteiger charge is -2.26. The van der Waals surface area contributed by atoms with E-state index in [2.05, 4.69) is 9.88 Å². The van der Waals surface area contributed by atoms with Crippen LogP contribution in [-0.2, 0) is 6.42 Å². The lowest BCUT2D eigenvalue weighted by molar-refractivity contribution is 0.0696. The summed E-state index contributed by atoms with van der Waals surface area (Å²) in [7, 11) is 0. The van der Waals surface area contributed by atoms with Gasteiger partial charge in [-0.05, 0) is 31.4 Å². The van der Waals surface area contributed by atoms with Crippen LogP contribution >= 0.6 is 0 Å². The predicted molar refractivity (Wildman–Crippen MR) is 75.9 cm³/mol. The number of aryl methyl sites for hydroxylation is 1. The van der Waals surface area contributed by atoms with Gasteiger partial charge >= 0.3 is 5.97 Å². The monoisotopic (exact) mass is 262 g/mol. The number of hydrogen-bond donors (Lipinski definition) is 1. The van der Waals surface area contributed by atoms with Gasteiger partial charge in [0.2, 0.25) is 0 Å². The largest absolute Gasteiger partial charge is 0.478 e. The Labute approximate surface area is 114 Å². The summed E-state index contributed by atoms with van der Waals surface area (Å²) in [5.41, 5.74) is 1.21. The van der Waals surface area contributed by atoms with Crippen molar-refractivity contribution in [3.8, 4) is 0 Å². The molecule has 4 nitrogen and oxygen atoms in total. The van der Waals surface area contributed by atoms with E-state index in [9.17, 15) is 9.90 Å². The van der Waals surface area contributed by atoms with Crippen LogP contribution in [0.1, 0.15) is 55.1 Å². The Kier molecular flexibility index (Phi) is 4.77. The van der Waals surface area contributed by atoms with Crippen LogP contribution in [0.5, 0.6) is 0 Å². The van der Waals surface area contributed by atoms with Crippen molar-refractivity contribution in [1.29, 1.82) is 0 Å². The van der Waals surface area contributed by atoms with Crippen molar-refractivity contribution in [2.45, 2.75) is 45.4 Å². The summed E-state index contributed by atoms with van der Waals surface area (Å²) in [5.74, 6) is -0.0379. The van der Waals surface area contributed by atoms with Gasteiger partial charge < -0.3 is 10.0 Å². The molecule has 1 N–H and O–H groups in total. The van der Waals surface area contributed by atoms with Gasteiger partial charge in [-0.1, -0.05) is 26.2 Å². The molecule has 1 aromatic rings. The molecule has 0 aliphatic carbocycles. The number of carbonyl (C=O) groups is 1. The molecule has 0 bridgehead atoms. The standard InChI is InChI=1S/C15H22N2O2/c1-2-13-10-12(15(18)19)11-14(16-13)17-8-6-4-3-5-7-9-17/h10-11H,2-9H2,1H3,(H,18,19). The van der Waals surface area contributed by atoms with Gasteiger partial charge in [0.1, 0.15) is 5.82 Å². The van der Waals surface area contributed by atoms with Gasteiger partial charge in [0, 0.05) is 18.8 Å². The number of carboxylic acid groups (broad SMARTS) is 1. The molecule has 0 unspecified atom stereocenters. The quantitative estimate of drug-likeness (QED) is 0.909. The molecule has 1 aromatic heterocycles. The fraction of sp³-hybridized carbons (Fsp3) is 0.600. The van der Waals surface area contributed by atoms with Crippen molar-refractivity contribution in [2.24, 2.45) is 0 Å². The molecule has 19 heavy (non-hydrogen) atoms. The topological polar surface area (TPSA) is 53.4 Å². The van der Waals surface area contributed by atoms with Crippen LogP contribution in [0, 0.1) is 0 Å². The second-order valence-corrected chi connectivity index (χ2v) is 5.12. The minimum Gasteiger partial charge on any atom is -0.478 e. The minimum atomic E-state index is -0.870. The Bertz CT molecular complexity index is 438. The van der Waals surface area contributed by atoms with Crippen molar-refractivity contribution in [1.82, 2.24) is 4.98 Å². The van der Waals surface area contributed by atoms with Crippen molar-refractivity contribution in [3.63, 3.8) is 0 Å². The molecule has 4 heteroatoms. The summed E-state index contributed by atoms with van der Waals surface area (Å²) in [6, 6.07) is 3.39. The van der Waals surface area contributed by atoms with E-state index in [4.69, 9.17) is 0 Å². The summed E-state index contributed by atoms with van der Waals surface area (Å²) in [6.07, 6.45) is 6.94. The summed E-state index contributed by atoms with van der Waals surface area (Å²) in [6.45, 7) is 3.98. The highest BCUT2D eigenvalue weighted by Crippen LogP contribution is 2.20. The molecule has 0 aromatic carbocycles. The van der Waals surface area contributed by atoms with Crippen LogP contribution in [0.25, 0.3) is 0 Å². The Balaban J connectivity index is 2.25. The highest BCUT2D eigenvalue weighted by molar-refractivity contribution is 5.88. The molecule has 1 fully saturated rings. The third-order valence-corrected chi connectivity index (χ3v) is 3.65. The van der Waals surface area contributed by atoms with Gasteiger partial charge in [0.25, 0.3) is 0 Å².